The summed E-state index contributed by atoms with van der Waals surface area (Å²) in [5.74, 6) is 2.43. The van der Waals surface area contributed by atoms with Gasteiger partial charge in [0.2, 0.25) is 5.95 Å². The van der Waals surface area contributed by atoms with Crippen LogP contribution in [0.5, 0.6) is 0 Å². The number of nitrogens with one attached hydrogen (secondary N) is 3. The van der Waals surface area contributed by atoms with Crippen LogP contribution < -0.4 is 21.8 Å². The molecule has 2 aromatic rings. The van der Waals surface area contributed by atoms with Crippen molar-refractivity contribution in [3.05, 3.63) is 6.33 Å². The van der Waals surface area contributed by atoms with E-state index in [1.165, 1.54) is 90.1 Å². The molecule has 2 saturated carbocycles. The van der Waals surface area contributed by atoms with Gasteiger partial charge in [-0.2, -0.15) is 9.97 Å². The SMILES string of the molecule is CCCC1CCN(Nc2nc(NC3CCC(N)CC3)nc3c2ncn3C2CCCC2)CC1.CCCCNCCCC. The number of nitrogens with zero attached hydrogens (tertiary/aromatic N) is 5. The number of anilines is 2. The standard InChI is InChI=1S/C24H40N8.C8H19N/c1-2-5-17-12-14-31(15-13-17)30-22-21-23(32(16-26-21)20-6-3-4-7-20)29-24(28-22)27-19-10-8-18(25)9-11-19;1-3-5-7-9-8-6-4-2/h16-20H,2-15,25H2,1H3,(H2,27,28,29,30);9H,3-8H2,1-2H3. The number of piperidine rings is 1. The highest BCUT2D eigenvalue weighted by Crippen LogP contribution is 2.34. The largest absolute Gasteiger partial charge is 0.351 e. The lowest BCUT2D eigenvalue weighted by Crippen LogP contribution is -2.38. The van der Waals surface area contributed by atoms with Crippen LogP contribution in [-0.2, 0) is 0 Å². The van der Waals surface area contributed by atoms with E-state index in [-0.39, 0.29) is 0 Å². The van der Waals surface area contributed by atoms with Crippen molar-refractivity contribution in [3.63, 3.8) is 0 Å². The van der Waals surface area contributed by atoms with Gasteiger partial charge in [0.1, 0.15) is 0 Å². The second-order valence-electron chi connectivity index (χ2n) is 12.7. The van der Waals surface area contributed by atoms with Crippen molar-refractivity contribution >= 4 is 22.9 Å². The minimum absolute atomic E-state index is 0.341. The summed E-state index contributed by atoms with van der Waals surface area (Å²) in [6.07, 6.45) is 21.7. The number of aromatic nitrogens is 4. The number of rotatable bonds is 13. The van der Waals surface area contributed by atoms with Crippen molar-refractivity contribution in [3.8, 4) is 0 Å². The molecule has 41 heavy (non-hydrogen) atoms. The number of fused-ring (bicyclic) bond motifs is 1. The molecule has 0 aromatic carbocycles. The molecule has 2 aliphatic carbocycles. The van der Waals surface area contributed by atoms with Gasteiger partial charge in [0.15, 0.2) is 17.0 Å². The lowest BCUT2D eigenvalue weighted by atomic mass is 9.92. The van der Waals surface area contributed by atoms with Crippen LogP contribution in [0.4, 0.5) is 11.8 Å². The molecule has 1 aliphatic heterocycles. The van der Waals surface area contributed by atoms with E-state index in [1.54, 1.807) is 0 Å². The molecule has 3 aliphatic rings. The third-order valence-electron chi connectivity index (χ3n) is 9.23. The van der Waals surface area contributed by atoms with Crippen molar-refractivity contribution in [1.29, 1.82) is 0 Å². The lowest BCUT2D eigenvalue weighted by molar-refractivity contribution is 0.209. The van der Waals surface area contributed by atoms with Crippen LogP contribution in [-0.4, -0.2) is 62.8 Å². The van der Waals surface area contributed by atoms with Crippen LogP contribution in [0.15, 0.2) is 6.33 Å². The lowest BCUT2D eigenvalue weighted by Gasteiger charge is -2.32. The Hall–Kier alpha value is -1.97. The minimum Gasteiger partial charge on any atom is -0.351 e. The summed E-state index contributed by atoms with van der Waals surface area (Å²) in [5, 5.41) is 9.34. The van der Waals surface area contributed by atoms with Crippen LogP contribution in [0.2, 0.25) is 0 Å². The zero-order chi connectivity index (χ0) is 28.9. The average Bonchev–Trinajstić information content (AvgIpc) is 3.66. The van der Waals surface area contributed by atoms with Gasteiger partial charge in [-0.3, -0.25) is 0 Å². The summed E-state index contributed by atoms with van der Waals surface area (Å²) in [4.78, 5) is 14.7. The predicted octanol–water partition coefficient (Wildman–Crippen LogP) is 6.64. The summed E-state index contributed by atoms with van der Waals surface area (Å²) < 4.78 is 2.30. The second kappa shape index (κ2) is 17.2. The fourth-order valence-corrected chi connectivity index (χ4v) is 6.57. The zero-order valence-corrected chi connectivity index (χ0v) is 26.3. The molecule has 3 fully saturated rings. The van der Waals surface area contributed by atoms with Crippen molar-refractivity contribution in [1.82, 2.24) is 29.8 Å². The van der Waals surface area contributed by atoms with Gasteiger partial charge in [0, 0.05) is 31.2 Å². The summed E-state index contributed by atoms with van der Waals surface area (Å²) in [7, 11) is 0. The Kier molecular flexibility index (Phi) is 13.4. The normalized spacial score (nSPS) is 22.5. The van der Waals surface area contributed by atoms with Crippen LogP contribution in [0.1, 0.15) is 130 Å². The van der Waals surface area contributed by atoms with Crippen molar-refractivity contribution in [2.75, 3.05) is 36.9 Å². The summed E-state index contributed by atoms with van der Waals surface area (Å²) in [6, 6.07) is 1.24. The monoisotopic (exact) mass is 569 g/mol. The van der Waals surface area contributed by atoms with Crippen LogP contribution in [0.25, 0.3) is 11.2 Å². The number of hydrogen-bond acceptors (Lipinski definition) is 8. The summed E-state index contributed by atoms with van der Waals surface area (Å²) in [5.41, 5.74) is 11.6. The third-order valence-corrected chi connectivity index (χ3v) is 9.23. The van der Waals surface area contributed by atoms with E-state index in [1.807, 2.05) is 6.33 Å². The Morgan fingerprint density at radius 1 is 0.854 bits per heavy atom. The average molecular weight is 570 g/mol. The van der Waals surface area contributed by atoms with Crippen molar-refractivity contribution < 1.29 is 0 Å². The maximum Gasteiger partial charge on any atom is 0.227 e. The molecule has 5 N–H and O–H groups in total. The van der Waals surface area contributed by atoms with Crippen molar-refractivity contribution in [2.45, 2.75) is 142 Å². The van der Waals surface area contributed by atoms with E-state index in [4.69, 9.17) is 20.7 Å². The Balaban J connectivity index is 0.000000374. The van der Waals surface area contributed by atoms with Crippen LogP contribution in [0.3, 0.4) is 0 Å². The quantitative estimate of drug-likeness (QED) is 0.199. The number of imidazole rings is 1. The smallest absolute Gasteiger partial charge is 0.227 e. The summed E-state index contributed by atoms with van der Waals surface area (Å²) >= 11 is 0. The maximum atomic E-state index is 6.11. The van der Waals surface area contributed by atoms with Gasteiger partial charge >= 0.3 is 0 Å². The van der Waals surface area contributed by atoms with Gasteiger partial charge < -0.3 is 26.4 Å². The molecular formula is C32H59N9. The number of hydrogen-bond donors (Lipinski definition) is 4. The first kappa shape index (κ1) is 32.0. The fraction of sp³-hybridized carbons (Fsp3) is 0.844. The molecule has 0 amide bonds. The molecule has 0 radical (unpaired) electrons. The molecule has 3 heterocycles. The molecule has 232 valence electrons. The van der Waals surface area contributed by atoms with E-state index < -0.39 is 0 Å². The molecule has 0 spiro atoms. The molecule has 5 rings (SSSR count). The highest BCUT2D eigenvalue weighted by atomic mass is 15.5. The Morgan fingerprint density at radius 2 is 1.54 bits per heavy atom. The molecule has 1 saturated heterocycles. The number of hydrazine groups is 1. The fourth-order valence-electron chi connectivity index (χ4n) is 6.57. The molecular weight excluding hydrogens is 510 g/mol. The van der Waals surface area contributed by atoms with Crippen molar-refractivity contribution in [2.24, 2.45) is 11.7 Å². The first-order valence-corrected chi connectivity index (χ1v) is 17.1. The van der Waals surface area contributed by atoms with E-state index in [2.05, 4.69) is 46.4 Å². The van der Waals surface area contributed by atoms with Gasteiger partial charge in [-0.05, 0) is 83.2 Å². The second-order valence-corrected chi connectivity index (χ2v) is 12.7. The highest BCUT2D eigenvalue weighted by molar-refractivity contribution is 5.84. The van der Waals surface area contributed by atoms with Gasteiger partial charge in [0.05, 0.1) is 6.33 Å². The van der Waals surface area contributed by atoms with Crippen LogP contribution >= 0.6 is 0 Å². The summed E-state index contributed by atoms with van der Waals surface area (Å²) in [6.45, 7) is 11.3. The third kappa shape index (κ3) is 9.79. The molecule has 9 nitrogen and oxygen atoms in total. The van der Waals surface area contributed by atoms with E-state index >= 15 is 0 Å². The number of nitrogens with two attached hydrogens (primary N) is 1. The first-order chi connectivity index (χ1) is 20.1. The van der Waals surface area contributed by atoms with E-state index in [0.29, 0.717) is 18.1 Å². The Bertz CT molecular complexity index is 980. The van der Waals surface area contributed by atoms with E-state index in [9.17, 15) is 0 Å². The van der Waals surface area contributed by atoms with Gasteiger partial charge in [-0.25, -0.2) is 9.99 Å². The molecule has 0 unspecified atom stereocenters. The predicted molar refractivity (Wildman–Crippen MR) is 172 cm³/mol. The molecule has 0 atom stereocenters. The van der Waals surface area contributed by atoms with Gasteiger partial charge in [-0.1, -0.05) is 59.3 Å². The molecule has 2 aromatic heterocycles. The first-order valence-electron chi connectivity index (χ1n) is 17.1. The number of unbranched alkanes of at least 4 members (excludes halogenated alkanes) is 2. The Labute approximate surface area is 249 Å². The topological polar surface area (TPSA) is 109 Å². The van der Waals surface area contributed by atoms with E-state index in [0.717, 1.165) is 67.6 Å². The highest BCUT2D eigenvalue weighted by Gasteiger charge is 2.25. The molecule has 0 bridgehead atoms. The van der Waals surface area contributed by atoms with Gasteiger partial charge in [0.25, 0.3) is 0 Å². The minimum atomic E-state index is 0.341. The maximum absolute atomic E-state index is 6.11. The van der Waals surface area contributed by atoms with Crippen LogP contribution in [0, 0.1) is 5.92 Å². The Morgan fingerprint density at radius 3 is 2.17 bits per heavy atom. The molecule has 9 heteroatoms. The van der Waals surface area contributed by atoms with Gasteiger partial charge in [-0.15, -0.1) is 0 Å². The zero-order valence-electron chi connectivity index (χ0n) is 26.3.